The van der Waals surface area contributed by atoms with Gasteiger partial charge in [-0.25, -0.2) is 0 Å². The lowest BCUT2D eigenvalue weighted by atomic mass is 10.1. The van der Waals surface area contributed by atoms with Crippen molar-refractivity contribution in [1.82, 2.24) is 0 Å². The van der Waals surface area contributed by atoms with E-state index in [0.29, 0.717) is 19.3 Å². The predicted octanol–water partition coefficient (Wildman–Crippen LogP) is 20.4. The zero-order valence-corrected chi connectivity index (χ0v) is 46.5. The summed E-state index contributed by atoms with van der Waals surface area (Å²) in [7, 11) is 0. The minimum atomic E-state index is -0.784. The first-order chi connectivity index (χ1) is 34.5. The molecule has 70 heavy (non-hydrogen) atoms. The smallest absolute Gasteiger partial charge is 0.306 e. The number of allylic oxidation sites excluding steroid dienone is 10. The summed E-state index contributed by atoms with van der Waals surface area (Å²) in [4.78, 5) is 38.2. The Labute approximate surface area is 434 Å². The third-order valence-electron chi connectivity index (χ3n) is 13.2. The summed E-state index contributed by atoms with van der Waals surface area (Å²) in [6.07, 6.45) is 73.5. The van der Waals surface area contributed by atoms with Gasteiger partial charge < -0.3 is 14.2 Å². The first-order valence-electron chi connectivity index (χ1n) is 30.3. The summed E-state index contributed by atoms with van der Waals surface area (Å²) in [6, 6.07) is 0. The molecule has 0 aliphatic rings. The molecule has 0 aliphatic carbocycles. The second kappa shape index (κ2) is 58.7. The number of unbranched alkanes of at least 4 members (excludes halogenated alkanes) is 34. The van der Waals surface area contributed by atoms with Crippen LogP contribution in [-0.4, -0.2) is 37.2 Å². The molecular formula is C64H114O6. The van der Waals surface area contributed by atoms with Crippen molar-refractivity contribution >= 4 is 17.9 Å². The molecule has 0 aromatic heterocycles. The van der Waals surface area contributed by atoms with Gasteiger partial charge in [-0.3, -0.25) is 14.4 Å². The van der Waals surface area contributed by atoms with Crippen molar-refractivity contribution in [2.24, 2.45) is 0 Å². The fraction of sp³-hybridized carbons (Fsp3) is 0.797. The number of ether oxygens (including phenoxy) is 3. The fourth-order valence-electron chi connectivity index (χ4n) is 8.62. The molecule has 1 atom stereocenters. The Morgan fingerprint density at radius 2 is 0.514 bits per heavy atom. The average Bonchev–Trinajstić information content (AvgIpc) is 3.36. The van der Waals surface area contributed by atoms with Crippen LogP contribution in [0.4, 0.5) is 0 Å². The molecule has 0 heterocycles. The van der Waals surface area contributed by atoms with Gasteiger partial charge in [0.15, 0.2) is 6.10 Å². The van der Waals surface area contributed by atoms with Crippen molar-refractivity contribution in [3.05, 3.63) is 60.8 Å². The average molecular weight is 980 g/mol. The minimum absolute atomic E-state index is 0.0811. The lowest BCUT2D eigenvalue weighted by molar-refractivity contribution is -0.167. The van der Waals surface area contributed by atoms with Crippen LogP contribution in [0.15, 0.2) is 60.8 Å². The molecule has 0 radical (unpaired) electrons. The topological polar surface area (TPSA) is 78.9 Å². The van der Waals surface area contributed by atoms with Crippen LogP contribution in [0.2, 0.25) is 0 Å². The van der Waals surface area contributed by atoms with Gasteiger partial charge in [0.25, 0.3) is 0 Å². The highest BCUT2D eigenvalue weighted by atomic mass is 16.6. The van der Waals surface area contributed by atoms with Crippen LogP contribution in [0, 0.1) is 0 Å². The van der Waals surface area contributed by atoms with Crippen molar-refractivity contribution in [2.75, 3.05) is 13.2 Å². The third-order valence-corrected chi connectivity index (χ3v) is 13.2. The van der Waals surface area contributed by atoms with E-state index in [2.05, 4.69) is 81.5 Å². The van der Waals surface area contributed by atoms with Gasteiger partial charge >= 0.3 is 17.9 Å². The number of carbonyl (C=O) groups excluding carboxylic acids is 3. The summed E-state index contributed by atoms with van der Waals surface area (Å²) in [5.74, 6) is -0.888. The maximum absolute atomic E-state index is 12.9. The van der Waals surface area contributed by atoms with Crippen LogP contribution in [0.1, 0.15) is 310 Å². The molecule has 0 rings (SSSR count). The molecule has 6 heteroatoms. The van der Waals surface area contributed by atoms with E-state index in [-0.39, 0.29) is 31.1 Å². The summed E-state index contributed by atoms with van der Waals surface area (Å²) < 4.78 is 16.9. The maximum atomic E-state index is 12.9. The summed E-state index contributed by atoms with van der Waals surface area (Å²) in [6.45, 7) is 6.61. The Balaban J connectivity index is 4.39. The van der Waals surface area contributed by atoms with E-state index in [9.17, 15) is 14.4 Å². The molecule has 0 fully saturated rings. The van der Waals surface area contributed by atoms with Crippen LogP contribution in [0.5, 0.6) is 0 Å². The summed E-state index contributed by atoms with van der Waals surface area (Å²) >= 11 is 0. The molecule has 6 nitrogen and oxygen atoms in total. The van der Waals surface area contributed by atoms with Gasteiger partial charge in [-0.1, -0.05) is 242 Å². The van der Waals surface area contributed by atoms with E-state index in [1.54, 1.807) is 0 Å². The van der Waals surface area contributed by atoms with Crippen LogP contribution in [0.3, 0.4) is 0 Å². The third kappa shape index (κ3) is 56.0. The Hall–Kier alpha value is -2.89. The predicted molar refractivity (Wildman–Crippen MR) is 302 cm³/mol. The summed E-state index contributed by atoms with van der Waals surface area (Å²) in [5.41, 5.74) is 0. The van der Waals surface area contributed by atoms with Gasteiger partial charge in [-0.05, 0) is 109 Å². The van der Waals surface area contributed by atoms with Gasteiger partial charge in [-0.2, -0.15) is 0 Å². The van der Waals surface area contributed by atoms with Crippen LogP contribution >= 0.6 is 0 Å². The van der Waals surface area contributed by atoms with E-state index in [0.717, 1.165) is 83.5 Å². The molecule has 0 bridgehead atoms. The number of esters is 3. The highest BCUT2D eigenvalue weighted by Crippen LogP contribution is 2.15. The van der Waals surface area contributed by atoms with Crippen LogP contribution in [0.25, 0.3) is 0 Å². The standard InChI is InChI=1S/C64H114O6/c1-4-7-10-13-16-19-22-25-28-30-32-34-36-39-42-45-48-51-54-57-63(66)69-60-61(59-68-62(65)56-53-50-47-44-41-38-35-27-24-21-18-15-12-9-6-3)70-64(67)58-55-52-49-46-43-40-37-33-31-29-26-23-20-17-14-11-8-5-2/h16,19-20,23,25,27-29,31,35,61H,4-15,17-18,21-22,24,26,30,32-34,36-60H2,1-3H3/b19-16-,23-20-,28-25-,31-29-,35-27-. The minimum Gasteiger partial charge on any atom is -0.462 e. The zero-order chi connectivity index (χ0) is 50.7. The SMILES string of the molecule is CCCCC/C=C\C/C=C\CCCCCCCCCCCC(=O)OCC(COC(=O)CCCCCCC/C=C\CCCCCCCC)OC(=O)CCCCCCCCC/C=C\C/C=C\CCCCCC. The van der Waals surface area contributed by atoms with E-state index in [4.69, 9.17) is 14.2 Å². The lowest BCUT2D eigenvalue weighted by Gasteiger charge is -2.18. The molecule has 0 saturated heterocycles. The number of hydrogen-bond acceptors (Lipinski definition) is 6. The quantitative estimate of drug-likeness (QED) is 0.0261. The van der Waals surface area contributed by atoms with E-state index < -0.39 is 6.10 Å². The maximum Gasteiger partial charge on any atom is 0.306 e. The largest absolute Gasteiger partial charge is 0.462 e. The van der Waals surface area contributed by atoms with Crippen LogP contribution in [-0.2, 0) is 28.6 Å². The normalized spacial score (nSPS) is 12.4. The van der Waals surface area contributed by atoms with Crippen LogP contribution < -0.4 is 0 Å². The Morgan fingerprint density at radius 1 is 0.286 bits per heavy atom. The van der Waals surface area contributed by atoms with Crippen molar-refractivity contribution in [1.29, 1.82) is 0 Å². The van der Waals surface area contributed by atoms with Gasteiger partial charge in [0, 0.05) is 19.3 Å². The molecule has 0 aromatic carbocycles. The molecule has 0 saturated carbocycles. The first-order valence-corrected chi connectivity index (χ1v) is 30.3. The molecule has 406 valence electrons. The second-order valence-electron chi connectivity index (χ2n) is 20.2. The molecule has 0 amide bonds. The molecular weight excluding hydrogens is 865 g/mol. The van der Waals surface area contributed by atoms with Crippen molar-refractivity contribution in [2.45, 2.75) is 316 Å². The molecule has 0 aliphatic heterocycles. The van der Waals surface area contributed by atoms with E-state index in [1.807, 2.05) is 0 Å². The molecule has 0 aromatic rings. The van der Waals surface area contributed by atoms with Gasteiger partial charge in [-0.15, -0.1) is 0 Å². The Morgan fingerprint density at radius 3 is 0.843 bits per heavy atom. The zero-order valence-electron chi connectivity index (χ0n) is 46.5. The first kappa shape index (κ1) is 67.1. The number of carbonyl (C=O) groups is 3. The number of hydrogen-bond donors (Lipinski definition) is 0. The fourth-order valence-corrected chi connectivity index (χ4v) is 8.62. The summed E-state index contributed by atoms with van der Waals surface area (Å²) in [5, 5.41) is 0. The molecule has 0 spiro atoms. The van der Waals surface area contributed by atoms with Crippen molar-refractivity contribution in [3.63, 3.8) is 0 Å². The van der Waals surface area contributed by atoms with Gasteiger partial charge in [0.05, 0.1) is 0 Å². The molecule has 0 N–H and O–H groups in total. The van der Waals surface area contributed by atoms with E-state index in [1.165, 1.54) is 186 Å². The highest BCUT2D eigenvalue weighted by Gasteiger charge is 2.19. The van der Waals surface area contributed by atoms with Crippen molar-refractivity contribution in [3.8, 4) is 0 Å². The highest BCUT2D eigenvalue weighted by molar-refractivity contribution is 5.71. The van der Waals surface area contributed by atoms with Crippen molar-refractivity contribution < 1.29 is 28.6 Å². The Kier molecular flexibility index (Phi) is 56.3. The van der Waals surface area contributed by atoms with Gasteiger partial charge in [0.1, 0.15) is 13.2 Å². The lowest BCUT2D eigenvalue weighted by Crippen LogP contribution is -2.30. The monoisotopic (exact) mass is 979 g/mol. The second-order valence-corrected chi connectivity index (χ2v) is 20.2. The van der Waals surface area contributed by atoms with Gasteiger partial charge in [0.2, 0.25) is 0 Å². The number of rotatable bonds is 55. The van der Waals surface area contributed by atoms with E-state index >= 15 is 0 Å². The Bertz CT molecular complexity index is 1260. The molecule has 1 unspecified atom stereocenters.